The molecular formula is C25H39N5O. The molecule has 1 saturated carbocycles. The number of nitrogens with one attached hydrogen (secondary N) is 2. The number of aryl methyl sites for hydroxylation is 1. The van der Waals surface area contributed by atoms with Gasteiger partial charge in [-0.1, -0.05) is 25.1 Å². The fraction of sp³-hybridized carbons (Fsp3) is 0.720. The number of para-hydroxylation sites is 1. The first kappa shape index (κ1) is 21.2. The average Bonchev–Trinajstić information content (AvgIpc) is 3.22. The summed E-state index contributed by atoms with van der Waals surface area (Å²) in [5.74, 6) is 1.52. The summed E-state index contributed by atoms with van der Waals surface area (Å²) in [6, 6.07) is 9.65. The normalized spacial score (nSPS) is 34.6. The van der Waals surface area contributed by atoms with Crippen molar-refractivity contribution >= 4 is 11.6 Å². The number of piperidine rings is 1. The van der Waals surface area contributed by atoms with Crippen LogP contribution in [-0.2, 0) is 4.79 Å². The maximum absolute atomic E-state index is 13.5. The Morgan fingerprint density at radius 1 is 1.00 bits per heavy atom. The smallest absolute Gasteiger partial charge is 0.241 e. The first-order chi connectivity index (χ1) is 15.1. The van der Waals surface area contributed by atoms with Crippen molar-refractivity contribution in [1.82, 2.24) is 20.7 Å². The Balaban J connectivity index is 1.17. The molecule has 31 heavy (non-hydrogen) atoms. The van der Waals surface area contributed by atoms with E-state index in [4.69, 9.17) is 0 Å². The number of fused-ring (bicyclic) bond motifs is 1. The number of anilines is 1. The number of benzene rings is 1. The van der Waals surface area contributed by atoms with Crippen LogP contribution in [-0.4, -0.2) is 73.1 Å². The third-order valence-corrected chi connectivity index (χ3v) is 8.28. The quantitative estimate of drug-likeness (QED) is 0.779. The van der Waals surface area contributed by atoms with E-state index < -0.39 is 0 Å². The molecular weight excluding hydrogens is 386 g/mol. The lowest BCUT2D eigenvalue weighted by molar-refractivity contribution is -0.136. The van der Waals surface area contributed by atoms with Gasteiger partial charge >= 0.3 is 0 Å². The van der Waals surface area contributed by atoms with Crippen molar-refractivity contribution in [2.45, 2.75) is 64.1 Å². The minimum atomic E-state index is -0.0376. The largest absolute Gasteiger partial charge is 0.369 e. The second-order valence-electron chi connectivity index (χ2n) is 10.3. The van der Waals surface area contributed by atoms with Crippen molar-refractivity contribution in [3.63, 3.8) is 0 Å². The third-order valence-electron chi connectivity index (χ3n) is 8.28. The van der Waals surface area contributed by atoms with Crippen molar-refractivity contribution in [3.05, 3.63) is 29.8 Å². The highest BCUT2D eigenvalue weighted by Gasteiger charge is 2.44. The lowest BCUT2D eigenvalue weighted by Gasteiger charge is -2.44. The van der Waals surface area contributed by atoms with Gasteiger partial charge in [0.2, 0.25) is 5.91 Å². The zero-order chi connectivity index (χ0) is 21.4. The summed E-state index contributed by atoms with van der Waals surface area (Å²) >= 11 is 0. The Morgan fingerprint density at radius 2 is 1.81 bits per heavy atom. The van der Waals surface area contributed by atoms with E-state index in [1.807, 2.05) is 0 Å². The second kappa shape index (κ2) is 9.08. The van der Waals surface area contributed by atoms with Gasteiger partial charge in [0, 0.05) is 63.0 Å². The predicted octanol–water partition coefficient (Wildman–Crippen LogP) is 2.39. The number of amides is 1. The van der Waals surface area contributed by atoms with Crippen LogP contribution in [0.4, 0.5) is 5.69 Å². The summed E-state index contributed by atoms with van der Waals surface area (Å²) in [5, 5.41) is 0. The molecule has 5 atom stereocenters. The number of hydrazine groups is 1. The third kappa shape index (κ3) is 4.35. The molecule has 3 saturated heterocycles. The molecule has 1 amide bonds. The zero-order valence-electron chi connectivity index (χ0n) is 19.2. The van der Waals surface area contributed by atoms with Crippen LogP contribution < -0.4 is 15.8 Å². The molecule has 4 fully saturated rings. The molecule has 0 aromatic heterocycles. The Bertz CT molecular complexity index is 777. The summed E-state index contributed by atoms with van der Waals surface area (Å²) < 4.78 is 0. The molecule has 0 radical (unpaired) electrons. The molecule has 1 aliphatic carbocycles. The van der Waals surface area contributed by atoms with E-state index in [1.165, 1.54) is 36.9 Å². The van der Waals surface area contributed by atoms with E-state index in [1.54, 1.807) is 0 Å². The van der Waals surface area contributed by atoms with Crippen LogP contribution in [0.25, 0.3) is 0 Å². The first-order valence-corrected chi connectivity index (χ1v) is 12.4. The average molecular weight is 426 g/mol. The number of piperazine rings is 1. The molecule has 3 aliphatic heterocycles. The van der Waals surface area contributed by atoms with E-state index in [-0.39, 0.29) is 6.04 Å². The minimum absolute atomic E-state index is 0.0376. The molecule has 5 unspecified atom stereocenters. The highest BCUT2D eigenvalue weighted by molar-refractivity contribution is 5.83. The van der Waals surface area contributed by atoms with Gasteiger partial charge < -0.3 is 9.80 Å². The summed E-state index contributed by atoms with van der Waals surface area (Å²) in [6.45, 7) is 10.7. The summed E-state index contributed by atoms with van der Waals surface area (Å²) in [7, 11) is 0. The number of carbonyl (C=O) groups is 1. The van der Waals surface area contributed by atoms with Crippen molar-refractivity contribution < 1.29 is 4.79 Å². The zero-order valence-corrected chi connectivity index (χ0v) is 19.2. The van der Waals surface area contributed by atoms with E-state index >= 15 is 0 Å². The topological polar surface area (TPSA) is 50.9 Å². The van der Waals surface area contributed by atoms with Gasteiger partial charge in [-0.3, -0.25) is 15.1 Å². The molecule has 170 valence electrons. The maximum atomic E-state index is 13.5. The van der Waals surface area contributed by atoms with Gasteiger partial charge in [-0.15, -0.1) is 0 Å². The van der Waals surface area contributed by atoms with Gasteiger partial charge in [-0.05, 0) is 56.6 Å². The number of nitrogens with zero attached hydrogens (tertiary/aromatic N) is 3. The van der Waals surface area contributed by atoms with E-state index in [0.717, 1.165) is 51.6 Å². The van der Waals surface area contributed by atoms with E-state index in [0.29, 0.717) is 23.9 Å². The number of hydrogen-bond acceptors (Lipinski definition) is 5. The number of likely N-dealkylation sites (tertiary alicyclic amines) is 1. The molecule has 1 aromatic rings. The number of hydrogen-bond donors (Lipinski definition) is 2. The summed E-state index contributed by atoms with van der Waals surface area (Å²) in [4.78, 5) is 20.8. The standard InChI is InChI=1S/C25H39N5O/c1-18-9-10-22-21(16-18)24(27-26-22)25(31)30-11-5-7-20(17-30)28-12-14-29(15-13-28)23-8-4-3-6-19(23)2/h3-4,6,8,18,20-22,24,26-27H,5,7,9-17H2,1-2H3. The first-order valence-electron chi connectivity index (χ1n) is 12.4. The molecule has 0 bridgehead atoms. The minimum Gasteiger partial charge on any atom is -0.369 e. The summed E-state index contributed by atoms with van der Waals surface area (Å²) in [5.41, 5.74) is 9.55. The SMILES string of the molecule is Cc1ccccc1N1CCN(C2CCCN(C(=O)C3NNC4CCC(C)CC43)C2)CC1. The van der Waals surface area contributed by atoms with Gasteiger partial charge in [0.1, 0.15) is 6.04 Å². The maximum Gasteiger partial charge on any atom is 0.241 e. The molecule has 6 nitrogen and oxygen atoms in total. The molecule has 5 rings (SSSR count). The number of rotatable bonds is 3. The van der Waals surface area contributed by atoms with Crippen LogP contribution in [0.15, 0.2) is 24.3 Å². The van der Waals surface area contributed by atoms with Crippen LogP contribution in [0.3, 0.4) is 0 Å². The van der Waals surface area contributed by atoms with Crippen LogP contribution >= 0.6 is 0 Å². The highest BCUT2D eigenvalue weighted by atomic mass is 16.2. The van der Waals surface area contributed by atoms with Crippen molar-refractivity contribution in [2.24, 2.45) is 11.8 Å². The Kier molecular flexibility index (Phi) is 6.22. The van der Waals surface area contributed by atoms with Crippen molar-refractivity contribution in [1.29, 1.82) is 0 Å². The molecule has 4 aliphatic rings. The highest BCUT2D eigenvalue weighted by Crippen LogP contribution is 2.34. The van der Waals surface area contributed by atoms with E-state index in [9.17, 15) is 4.79 Å². The van der Waals surface area contributed by atoms with Gasteiger partial charge in [-0.2, -0.15) is 0 Å². The fourth-order valence-electron chi connectivity index (χ4n) is 6.42. The molecule has 1 aromatic carbocycles. The Labute approximate surface area is 187 Å². The van der Waals surface area contributed by atoms with Crippen molar-refractivity contribution in [3.8, 4) is 0 Å². The van der Waals surface area contributed by atoms with Gasteiger partial charge in [0.25, 0.3) is 0 Å². The molecule has 0 spiro atoms. The van der Waals surface area contributed by atoms with Crippen LogP contribution in [0, 0.1) is 18.8 Å². The van der Waals surface area contributed by atoms with E-state index in [2.05, 4.69) is 63.7 Å². The van der Waals surface area contributed by atoms with Crippen LogP contribution in [0.1, 0.15) is 44.6 Å². The lowest BCUT2D eigenvalue weighted by Crippen LogP contribution is -2.58. The predicted molar refractivity (Wildman–Crippen MR) is 125 cm³/mol. The molecule has 2 N–H and O–H groups in total. The van der Waals surface area contributed by atoms with Crippen LogP contribution in [0.2, 0.25) is 0 Å². The lowest BCUT2D eigenvalue weighted by atomic mass is 9.76. The fourth-order valence-corrected chi connectivity index (χ4v) is 6.42. The van der Waals surface area contributed by atoms with Crippen LogP contribution in [0.5, 0.6) is 0 Å². The molecule has 3 heterocycles. The van der Waals surface area contributed by atoms with Gasteiger partial charge in [0.05, 0.1) is 0 Å². The molecule has 6 heteroatoms. The number of carbonyl (C=O) groups excluding carboxylic acids is 1. The summed E-state index contributed by atoms with van der Waals surface area (Å²) in [6.07, 6.45) is 5.97. The Hall–Kier alpha value is -1.63. The van der Waals surface area contributed by atoms with Gasteiger partial charge in [-0.25, -0.2) is 5.43 Å². The monoisotopic (exact) mass is 425 g/mol. The Morgan fingerprint density at radius 3 is 2.61 bits per heavy atom. The van der Waals surface area contributed by atoms with Gasteiger partial charge in [0.15, 0.2) is 0 Å². The van der Waals surface area contributed by atoms with Crippen molar-refractivity contribution in [2.75, 3.05) is 44.2 Å². The second-order valence-corrected chi connectivity index (χ2v) is 10.3.